The number of benzene rings is 2. The molecule has 4 atom stereocenters. The Labute approximate surface area is 248 Å². The van der Waals surface area contributed by atoms with Crippen LogP contribution < -0.4 is 15.0 Å². The van der Waals surface area contributed by atoms with E-state index in [9.17, 15) is 9.50 Å². The van der Waals surface area contributed by atoms with Crippen LogP contribution >= 0.6 is 0 Å². The first-order valence-electron chi connectivity index (χ1n) is 15.2. The summed E-state index contributed by atoms with van der Waals surface area (Å²) in [5.74, 6) is 0.0255. The summed E-state index contributed by atoms with van der Waals surface area (Å²) in [6, 6.07) is 9.36. The van der Waals surface area contributed by atoms with Gasteiger partial charge in [0.25, 0.3) is 0 Å². The van der Waals surface area contributed by atoms with Crippen LogP contribution in [0.1, 0.15) is 37.7 Å². The maximum Gasteiger partial charge on any atom is 0.319 e. The third-order valence-electron chi connectivity index (χ3n) is 9.97. The smallest absolute Gasteiger partial charge is 0.319 e. The van der Waals surface area contributed by atoms with Crippen LogP contribution in [-0.2, 0) is 0 Å². The van der Waals surface area contributed by atoms with E-state index >= 15 is 4.39 Å². The number of nitrogens with zero attached hydrogens (tertiary/aromatic N) is 5. The molecule has 2 N–H and O–H groups in total. The number of halogens is 2. The number of phenolic OH excluding ortho intramolecular Hbond substituents is 1. The molecule has 0 amide bonds. The molecule has 4 aromatic rings. The molecular weight excluding hydrogens is 550 g/mol. The van der Waals surface area contributed by atoms with Gasteiger partial charge < -0.3 is 20.1 Å². The van der Waals surface area contributed by atoms with E-state index in [2.05, 4.69) is 31.7 Å². The predicted molar refractivity (Wildman–Crippen MR) is 163 cm³/mol. The number of fused-ring (bicyclic) bond motifs is 5. The highest BCUT2D eigenvalue weighted by atomic mass is 19.1. The number of aromatic hydroxyl groups is 1. The molecule has 4 saturated heterocycles. The van der Waals surface area contributed by atoms with Crippen molar-refractivity contribution in [3.05, 3.63) is 54.5 Å². The first-order chi connectivity index (χ1) is 20.9. The largest absolute Gasteiger partial charge is 0.508 e. The monoisotopic (exact) mass is 584 g/mol. The SMILES string of the molecule is C=Cc1cccc2cc(O)cc(-c3ncc4c(N5C6CCC5CNC6)nc(OCC56CCCN5C[C@H](F)C6)nc4c3F)c12. The van der Waals surface area contributed by atoms with Crippen molar-refractivity contribution >= 4 is 33.6 Å². The molecule has 6 heterocycles. The molecule has 4 fully saturated rings. The molecule has 4 aliphatic rings. The van der Waals surface area contributed by atoms with E-state index in [0.717, 1.165) is 61.7 Å². The second-order valence-corrected chi connectivity index (χ2v) is 12.5. The van der Waals surface area contributed by atoms with Gasteiger partial charge in [0.1, 0.15) is 35.6 Å². The van der Waals surface area contributed by atoms with Crippen molar-refractivity contribution in [1.82, 2.24) is 25.2 Å². The van der Waals surface area contributed by atoms with Gasteiger partial charge in [-0.3, -0.25) is 9.88 Å². The van der Waals surface area contributed by atoms with Crippen LogP contribution in [-0.4, -0.2) is 81.5 Å². The molecule has 2 aromatic heterocycles. The Morgan fingerprint density at radius 2 is 2.02 bits per heavy atom. The molecule has 0 saturated carbocycles. The van der Waals surface area contributed by atoms with Crippen molar-refractivity contribution < 1.29 is 18.6 Å². The zero-order chi connectivity index (χ0) is 29.3. The van der Waals surface area contributed by atoms with Gasteiger partial charge in [0.15, 0.2) is 5.82 Å². The number of rotatable bonds is 6. The summed E-state index contributed by atoms with van der Waals surface area (Å²) in [4.78, 5) is 18.6. The molecule has 43 heavy (non-hydrogen) atoms. The molecule has 8 rings (SSSR count). The average molecular weight is 585 g/mol. The third kappa shape index (κ3) is 4.25. The van der Waals surface area contributed by atoms with Crippen molar-refractivity contribution in [2.24, 2.45) is 0 Å². The second kappa shape index (κ2) is 10.1. The van der Waals surface area contributed by atoms with Crippen LogP contribution in [0.15, 0.2) is 43.1 Å². The molecule has 8 nitrogen and oxygen atoms in total. The van der Waals surface area contributed by atoms with Crippen LogP contribution in [0.3, 0.4) is 0 Å². The predicted octanol–water partition coefficient (Wildman–Crippen LogP) is 5.23. The summed E-state index contributed by atoms with van der Waals surface area (Å²) in [5.41, 5.74) is 1.08. The first kappa shape index (κ1) is 26.7. The van der Waals surface area contributed by atoms with Crippen molar-refractivity contribution in [3.8, 4) is 23.0 Å². The van der Waals surface area contributed by atoms with Gasteiger partial charge in [-0.15, -0.1) is 0 Å². The summed E-state index contributed by atoms with van der Waals surface area (Å²) < 4.78 is 37.5. The Hall–Kier alpha value is -3.89. The van der Waals surface area contributed by atoms with Gasteiger partial charge in [-0.05, 0) is 60.7 Å². The second-order valence-electron chi connectivity index (χ2n) is 12.5. The van der Waals surface area contributed by atoms with E-state index in [-0.39, 0.29) is 47.2 Å². The van der Waals surface area contributed by atoms with Crippen molar-refractivity contribution in [1.29, 1.82) is 0 Å². The number of hydrogen-bond donors (Lipinski definition) is 2. The van der Waals surface area contributed by atoms with Crippen molar-refractivity contribution in [3.63, 3.8) is 0 Å². The lowest BCUT2D eigenvalue weighted by atomic mass is 9.95. The van der Waals surface area contributed by atoms with Crippen LogP contribution in [0, 0.1) is 5.82 Å². The maximum atomic E-state index is 16.8. The van der Waals surface area contributed by atoms with Crippen molar-refractivity contribution in [2.45, 2.75) is 55.9 Å². The highest BCUT2D eigenvalue weighted by molar-refractivity contribution is 6.04. The highest BCUT2D eigenvalue weighted by Crippen LogP contribution is 2.43. The fraction of sp³-hybridized carbons (Fsp3) is 0.424. The van der Waals surface area contributed by atoms with Crippen LogP contribution in [0.25, 0.3) is 39.0 Å². The molecule has 2 bridgehead atoms. The molecule has 2 aromatic carbocycles. The van der Waals surface area contributed by atoms with Crippen LogP contribution in [0.2, 0.25) is 0 Å². The van der Waals surface area contributed by atoms with Crippen LogP contribution in [0.5, 0.6) is 11.8 Å². The summed E-state index contributed by atoms with van der Waals surface area (Å²) >= 11 is 0. The first-order valence-corrected chi connectivity index (χ1v) is 15.2. The summed E-state index contributed by atoms with van der Waals surface area (Å²) in [6.45, 7) is 7.11. The molecule has 0 aliphatic carbocycles. The lowest BCUT2D eigenvalue weighted by Crippen LogP contribution is -2.52. The molecule has 10 heteroatoms. The van der Waals surface area contributed by atoms with Gasteiger partial charge in [-0.25, -0.2) is 8.78 Å². The number of phenols is 1. The van der Waals surface area contributed by atoms with Gasteiger partial charge in [-0.1, -0.05) is 30.9 Å². The zero-order valence-electron chi connectivity index (χ0n) is 23.9. The Balaban J connectivity index is 1.28. The van der Waals surface area contributed by atoms with Gasteiger partial charge >= 0.3 is 6.01 Å². The van der Waals surface area contributed by atoms with Crippen molar-refractivity contribution in [2.75, 3.05) is 37.7 Å². The van der Waals surface area contributed by atoms with E-state index in [1.807, 2.05) is 18.2 Å². The fourth-order valence-electron chi connectivity index (χ4n) is 8.04. The quantitative estimate of drug-likeness (QED) is 0.319. The third-order valence-corrected chi connectivity index (χ3v) is 9.97. The van der Waals surface area contributed by atoms with E-state index in [0.29, 0.717) is 29.7 Å². The van der Waals surface area contributed by atoms with Gasteiger partial charge in [-0.2, -0.15) is 9.97 Å². The minimum absolute atomic E-state index is 0.0119. The number of hydrogen-bond acceptors (Lipinski definition) is 8. The minimum atomic E-state index is -0.878. The molecule has 4 aliphatic heterocycles. The summed E-state index contributed by atoms with van der Waals surface area (Å²) in [6.07, 6.45) is 6.79. The lowest BCUT2D eigenvalue weighted by molar-refractivity contribution is 0.107. The zero-order valence-corrected chi connectivity index (χ0v) is 23.9. The van der Waals surface area contributed by atoms with E-state index in [1.54, 1.807) is 18.3 Å². The average Bonchev–Trinajstić information content (AvgIpc) is 3.61. The molecular formula is C33H34F2N6O2. The highest BCUT2D eigenvalue weighted by Gasteiger charge is 2.49. The Kier molecular flexibility index (Phi) is 6.27. The maximum absolute atomic E-state index is 16.8. The fourth-order valence-corrected chi connectivity index (χ4v) is 8.04. The number of piperazine rings is 1. The normalized spacial score (nSPS) is 26.8. The summed E-state index contributed by atoms with van der Waals surface area (Å²) in [7, 11) is 0. The lowest BCUT2D eigenvalue weighted by Gasteiger charge is -2.37. The minimum Gasteiger partial charge on any atom is -0.508 e. The van der Waals surface area contributed by atoms with E-state index < -0.39 is 12.0 Å². The molecule has 3 unspecified atom stereocenters. The van der Waals surface area contributed by atoms with Gasteiger partial charge in [0, 0.05) is 49.9 Å². The van der Waals surface area contributed by atoms with E-state index in [1.165, 1.54) is 6.07 Å². The molecule has 0 spiro atoms. The number of anilines is 1. The Morgan fingerprint density at radius 1 is 1.19 bits per heavy atom. The number of alkyl halides is 1. The Bertz CT molecular complexity index is 1750. The Morgan fingerprint density at radius 3 is 2.84 bits per heavy atom. The van der Waals surface area contributed by atoms with Crippen LogP contribution in [0.4, 0.5) is 14.6 Å². The molecule has 222 valence electrons. The number of pyridine rings is 1. The number of ether oxygens (including phenoxy) is 1. The van der Waals surface area contributed by atoms with Gasteiger partial charge in [0.2, 0.25) is 0 Å². The number of aromatic nitrogens is 3. The summed E-state index contributed by atoms with van der Waals surface area (Å²) in [5, 5.41) is 16.1. The number of nitrogens with one attached hydrogen (secondary N) is 1. The standard InChI is InChI=1S/C33H34F2N6O2/c1-2-19-5-3-6-20-11-24(42)12-25(27(19)20)29-28(35)30-26(16-37-29)31(41-22-7-8-23(41)15-36-14-22)39-32(38-30)43-18-33-9-4-10-40(33)17-21(34)13-33/h2-3,5-6,11-12,16,21-23,36,42H,1,4,7-10,13-15,17-18H2/t21-,22?,23?,33?/m1/s1. The van der Waals surface area contributed by atoms with Gasteiger partial charge in [0.05, 0.1) is 10.9 Å². The topological polar surface area (TPSA) is 86.6 Å². The van der Waals surface area contributed by atoms with E-state index in [4.69, 9.17) is 9.72 Å². The molecule has 0 radical (unpaired) electrons.